The molecule has 6 nitrogen and oxygen atoms in total. The number of aliphatic imine (C=N–C) groups is 1. The minimum Gasteiger partial charge on any atom is -0.378 e. The van der Waals surface area contributed by atoms with Gasteiger partial charge in [0.15, 0.2) is 5.96 Å². The number of hydrogen-bond acceptors (Lipinski definition) is 4. The fourth-order valence-electron chi connectivity index (χ4n) is 2.11. The van der Waals surface area contributed by atoms with E-state index in [9.17, 15) is 8.42 Å². The van der Waals surface area contributed by atoms with E-state index in [1.54, 1.807) is 0 Å². The molecule has 0 aliphatic carbocycles. The highest BCUT2D eigenvalue weighted by Crippen LogP contribution is 2.22. The van der Waals surface area contributed by atoms with Crippen LogP contribution in [0.4, 0.5) is 5.69 Å². The quantitative estimate of drug-likeness (QED) is 0.250. The molecule has 0 bridgehead atoms. The van der Waals surface area contributed by atoms with Crippen molar-refractivity contribution in [3.8, 4) is 0 Å². The lowest BCUT2D eigenvalue weighted by molar-refractivity contribution is 0.157. The summed E-state index contributed by atoms with van der Waals surface area (Å²) in [5, 5.41) is 3.17. The van der Waals surface area contributed by atoms with E-state index in [1.165, 1.54) is 17.4 Å². The molecule has 0 heterocycles. The number of sulfone groups is 1. The number of guanidine groups is 1. The fraction of sp³-hybridized carbons (Fsp3) is 0.562. The number of aryl methyl sites for hydroxylation is 2. The van der Waals surface area contributed by atoms with Crippen molar-refractivity contribution < 1.29 is 13.2 Å². The Hall–Kier alpha value is -0.870. The molecule has 0 saturated heterocycles. The zero-order valence-corrected chi connectivity index (χ0v) is 17.7. The largest absolute Gasteiger partial charge is 0.378 e. The molecule has 138 valence electrons. The summed E-state index contributed by atoms with van der Waals surface area (Å²) in [6.45, 7) is 5.11. The normalized spacial score (nSPS) is 11.9. The molecular formula is C16H28IN3O3S. The molecule has 0 aliphatic heterocycles. The molecule has 0 amide bonds. The van der Waals surface area contributed by atoms with Crippen LogP contribution in [0.3, 0.4) is 0 Å². The number of anilines is 1. The zero-order valence-electron chi connectivity index (χ0n) is 14.5. The van der Waals surface area contributed by atoms with Gasteiger partial charge in [-0.05, 0) is 24.0 Å². The summed E-state index contributed by atoms with van der Waals surface area (Å²) in [4.78, 5) is 4.21. The third-order valence-electron chi connectivity index (χ3n) is 3.37. The Morgan fingerprint density at radius 1 is 1.21 bits per heavy atom. The maximum atomic E-state index is 11.0. The highest BCUT2D eigenvalue weighted by Gasteiger charge is 2.07. The molecule has 0 atom stereocenters. The molecule has 1 rings (SSSR count). The van der Waals surface area contributed by atoms with Crippen molar-refractivity contribution in [1.29, 1.82) is 0 Å². The van der Waals surface area contributed by atoms with E-state index < -0.39 is 9.84 Å². The number of ether oxygens (including phenoxy) is 1. The Kier molecular flexibility index (Phi) is 11.2. The van der Waals surface area contributed by atoms with Gasteiger partial charge in [0.2, 0.25) is 0 Å². The molecule has 8 heteroatoms. The van der Waals surface area contributed by atoms with Gasteiger partial charge in [-0.2, -0.15) is 0 Å². The second-order valence-corrected chi connectivity index (χ2v) is 7.55. The first-order chi connectivity index (χ1) is 10.9. The van der Waals surface area contributed by atoms with Crippen molar-refractivity contribution in [2.45, 2.75) is 26.7 Å². The second-order valence-electron chi connectivity index (χ2n) is 5.29. The Labute approximate surface area is 162 Å². The number of nitrogens with zero attached hydrogens (tertiary/aromatic N) is 1. The van der Waals surface area contributed by atoms with Gasteiger partial charge >= 0.3 is 0 Å². The smallest absolute Gasteiger partial charge is 0.193 e. The molecule has 0 radical (unpaired) electrons. The van der Waals surface area contributed by atoms with Crippen LogP contribution in [0, 0.1) is 0 Å². The summed E-state index contributed by atoms with van der Waals surface area (Å²) < 4.78 is 27.1. The number of hydrogen-bond donors (Lipinski definition) is 2. The van der Waals surface area contributed by atoms with Gasteiger partial charge in [0.1, 0.15) is 9.84 Å². The van der Waals surface area contributed by atoms with Gasteiger partial charge in [0, 0.05) is 11.9 Å². The molecule has 0 fully saturated rings. The van der Waals surface area contributed by atoms with Crippen LogP contribution >= 0.6 is 24.0 Å². The highest BCUT2D eigenvalue weighted by atomic mass is 127. The molecule has 24 heavy (non-hydrogen) atoms. The average Bonchev–Trinajstić information content (AvgIpc) is 2.49. The predicted octanol–water partition coefficient (Wildman–Crippen LogP) is 2.22. The van der Waals surface area contributed by atoms with Crippen molar-refractivity contribution in [3.05, 3.63) is 29.3 Å². The van der Waals surface area contributed by atoms with Crippen molar-refractivity contribution in [1.82, 2.24) is 0 Å². The summed E-state index contributed by atoms with van der Waals surface area (Å²) in [7, 11) is -2.98. The molecule has 3 N–H and O–H groups in total. The summed E-state index contributed by atoms with van der Waals surface area (Å²) in [5.41, 5.74) is 9.35. The van der Waals surface area contributed by atoms with Crippen LogP contribution in [-0.4, -0.2) is 46.1 Å². The summed E-state index contributed by atoms with van der Waals surface area (Å²) >= 11 is 0. The molecule has 1 aromatic carbocycles. The third-order valence-corrected chi connectivity index (χ3v) is 4.28. The number of nitrogens with one attached hydrogen (secondary N) is 1. The van der Waals surface area contributed by atoms with Crippen LogP contribution < -0.4 is 11.1 Å². The minimum atomic E-state index is -2.98. The molecule has 0 unspecified atom stereocenters. The van der Waals surface area contributed by atoms with E-state index >= 15 is 0 Å². The lowest BCUT2D eigenvalue weighted by Gasteiger charge is -2.14. The standard InChI is InChI=1S/C16H27N3O3S.HI/c1-4-13-7-6-8-14(5-2)15(13)19-16(17)18-9-10-22-11-12-23(3,20)21;/h6-8H,4-5,9-12H2,1-3H3,(H3,17,18,19);1H. The van der Waals surface area contributed by atoms with Gasteiger partial charge in [0.25, 0.3) is 0 Å². The Morgan fingerprint density at radius 2 is 1.79 bits per heavy atom. The SMILES string of the molecule is CCc1cccc(CC)c1NC(N)=NCCOCCS(C)(=O)=O.I. The van der Waals surface area contributed by atoms with E-state index in [-0.39, 0.29) is 36.3 Å². The number of benzene rings is 1. The van der Waals surface area contributed by atoms with Gasteiger partial charge in [-0.15, -0.1) is 24.0 Å². The van der Waals surface area contributed by atoms with E-state index in [0.29, 0.717) is 19.1 Å². The Bertz CT molecular complexity index is 611. The molecule has 0 saturated carbocycles. The summed E-state index contributed by atoms with van der Waals surface area (Å²) in [5.74, 6) is 0.362. The number of para-hydroxylation sites is 1. The predicted molar refractivity (Wildman–Crippen MR) is 111 cm³/mol. The van der Waals surface area contributed by atoms with Crippen molar-refractivity contribution >= 4 is 45.5 Å². The van der Waals surface area contributed by atoms with Crippen LogP contribution in [0.5, 0.6) is 0 Å². The van der Waals surface area contributed by atoms with Crippen molar-refractivity contribution in [2.75, 3.05) is 37.1 Å². The van der Waals surface area contributed by atoms with Crippen molar-refractivity contribution in [2.24, 2.45) is 10.7 Å². The third kappa shape index (κ3) is 8.84. The van der Waals surface area contributed by atoms with Crippen LogP contribution in [0.1, 0.15) is 25.0 Å². The minimum absolute atomic E-state index is 0. The first-order valence-corrected chi connectivity index (χ1v) is 9.86. The maximum Gasteiger partial charge on any atom is 0.193 e. The topological polar surface area (TPSA) is 93.8 Å². The van der Waals surface area contributed by atoms with Crippen molar-refractivity contribution in [3.63, 3.8) is 0 Å². The average molecular weight is 469 g/mol. The first-order valence-electron chi connectivity index (χ1n) is 7.80. The first kappa shape index (κ1) is 23.1. The summed E-state index contributed by atoms with van der Waals surface area (Å²) in [6.07, 6.45) is 3.02. The van der Waals surface area contributed by atoms with E-state index in [2.05, 4.69) is 36.3 Å². The van der Waals surface area contributed by atoms with Gasteiger partial charge in [0.05, 0.1) is 25.5 Å². The zero-order chi connectivity index (χ0) is 17.3. The lowest BCUT2D eigenvalue weighted by Crippen LogP contribution is -2.25. The van der Waals surface area contributed by atoms with Gasteiger partial charge in [-0.3, -0.25) is 4.99 Å². The lowest BCUT2D eigenvalue weighted by atomic mass is 10.0. The summed E-state index contributed by atoms with van der Waals surface area (Å²) in [6, 6.07) is 6.19. The van der Waals surface area contributed by atoms with Crippen LogP contribution in [0.15, 0.2) is 23.2 Å². The van der Waals surface area contributed by atoms with Crippen LogP contribution in [-0.2, 0) is 27.4 Å². The number of halogens is 1. The maximum absolute atomic E-state index is 11.0. The molecule has 0 spiro atoms. The monoisotopic (exact) mass is 469 g/mol. The Morgan fingerprint density at radius 3 is 2.29 bits per heavy atom. The number of rotatable bonds is 9. The second kappa shape index (κ2) is 11.6. The van der Waals surface area contributed by atoms with E-state index in [4.69, 9.17) is 10.5 Å². The molecular weight excluding hydrogens is 441 g/mol. The van der Waals surface area contributed by atoms with E-state index in [1.807, 2.05) is 6.07 Å². The van der Waals surface area contributed by atoms with Gasteiger partial charge in [-0.1, -0.05) is 32.0 Å². The number of nitrogens with two attached hydrogens (primary N) is 1. The fourth-order valence-corrected chi connectivity index (χ4v) is 2.53. The van der Waals surface area contributed by atoms with E-state index in [0.717, 1.165) is 18.5 Å². The highest BCUT2D eigenvalue weighted by molar-refractivity contribution is 14.0. The van der Waals surface area contributed by atoms with Gasteiger partial charge < -0.3 is 15.8 Å². The molecule has 0 aromatic heterocycles. The molecule has 0 aliphatic rings. The van der Waals surface area contributed by atoms with Crippen LogP contribution in [0.2, 0.25) is 0 Å². The Balaban J connectivity index is 0.00000529. The van der Waals surface area contributed by atoms with Gasteiger partial charge in [-0.25, -0.2) is 8.42 Å². The van der Waals surface area contributed by atoms with Crippen LogP contribution in [0.25, 0.3) is 0 Å². The molecule has 1 aromatic rings.